The van der Waals surface area contributed by atoms with Crippen molar-refractivity contribution >= 4 is 40.1 Å². The van der Waals surface area contributed by atoms with Crippen LogP contribution in [0, 0.1) is 0 Å². The van der Waals surface area contributed by atoms with Gasteiger partial charge in [0.05, 0.1) is 12.7 Å². The standard InChI is InChI=1S/C17H11ClN4O4/c18-10-4-9-5-11(26-14(9)12(6-10)17(24)25)7-20-16(23)13-8-21-22-3-1-2-19-15(13)22/h1-6,8H,7H2,(H,20,23)(H,24,25). The summed E-state index contributed by atoms with van der Waals surface area (Å²) in [5.41, 5.74) is 0.950. The van der Waals surface area contributed by atoms with E-state index in [2.05, 4.69) is 15.4 Å². The number of carbonyl (C=O) groups is 2. The zero-order valence-electron chi connectivity index (χ0n) is 13.1. The van der Waals surface area contributed by atoms with Gasteiger partial charge in [0.1, 0.15) is 22.5 Å². The van der Waals surface area contributed by atoms with Gasteiger partial charge in [0, 0.05) is 22.8 Å². The number of carboxylic acid groups (broad SMARTS) is 1. The van der Waals surface area contributed by atoms with Crippen molar-refractivity contribution in [2.45, 2.75) is 6.54 Å². The monoisotopic (exact) mass is 370 g/mol. The SMILES string of the molecule is O=C(O)c1cc(Cl)cc2cc(CNC(=O)c3cnn4cccnc34)oc12. The predicted octanol–water partition coefficient (Wildman–Crippen LogP) is 2.76. The third-order valence-electron chi connectivity index (χ3n) is 3.81. The van der Waals surface area contributed by atoms with Gasteiger partial charge in [-0.25, -0.2) is 14.3 Å². The molecule has 0 aliphatic rings. The molecule has 0 radical (unpaired) electrons. The van der Waals surface area contributed by atoms with Crippen molar-refractivity contribution in [2.24, 2.45) is 0 Å². The van der Waals surface area contributed by atoms with Gasteiger partial charge in [0.25, 0.3) is 5.91 Å². The Kier molecular flexibility index (Phi) is 3.81. The number of carbonyl (C=O) groups excluding carboxylic acids is 1. The minimum Gasteiger partial charge on any atom is -0.478 e. The first-order valence-electron chi connectivity index (χ1n) is 7.55. The van der Waals surface area contributed by atoms with E-state index >= 15 is 0 Å². The average Bonchev–Trinajstić information content (AvgIpc) is 3.22. The van der Waals surface area contributed by atoms with E-state index in [1.54, 1.807) is 30.6 Å². The molecule has 0 aliphatic carbocycles. The van der Waals surface area contributed by atoms with Crippen LogP contribution in [0.5, 0.6) is 0 Å². The molecule has 0 fully saturated rings. The molecule has 2 N–H and O–H groups in total. The topological polar surface area (TPSA) is 110 Å². The lowest BCUT2D eigenvalue weighted by molar-refractivity contribution is 0.0697. The molecular weight excluding hydrogens is 360 g/mol. The number of benzene rings is 1. The second-order valence-corrected chi connectivity index (χ2v) is 5.95. The van der Waals surface area contributed by atoms with Crippen LogP contribution < -0.4 is 5.32 Å². The van der Waals surface area contributed by atoms with Crippen molar-refractivity contribution in [3.8, 4) is 0 Å². The normalized spacial score (nSPS) is 11.1. The van der Waals surface area contributed by atoms with Crippen molar-refractivity contribution in [3.05, 3.63) is 64.8 Å². The first-order valence-corrected chi connectivity index (χ1v) is 7.92. The Morgan fingerprint density at radius 1 is 1.27 bits per heavy atom. The number of nitrogens with one attached hydrogen (secondary N) is 1. The number of amides is 1. The third kappa shape index (κ3) is 2.76. The number of hydrogen-bond donors (Lipinski definition) is 2. The highest BCUT2D eigenvalue weighted by Crippen LogP contribution is 2.27. The fourth-order valence-corrected chi connectivity index (χ4v) is 2.89. The van der Waals surface area contributed by atoms with Gasteiger partial charge in [-0.1, -0.05) is 11.6 Å². The second-order valence-electron chi connectivity index (χ2n) is 5.52. The summed E-state index contributed by atoms with van der Waals surface area (Å²) < 4.78 is 7.08. The van der Waals surface area contributed by atoms with Crippen LogP contribution in [-0.4, -0.2) is 31.6 Å². The number of aromatic carboxylic acids is 1. The van der Waals surface area contributed by atoms with Crippen LogP contribution in [-0.2, 0) is 6.54 Å². The zero-order valence-corrected chi connectivity index (χ0v) is 13.9. The van der Waals surface area contributed by atoms with E-state index in [0.717, 1.165) is 0 Å². The Morgan fingerprint density at radius 2 is 2.12 bits per heavy atom. The summed E-state index contributed by atoms with van der Waals surface area (Å²) in [6.45, 7) is 0.0777. The van der Waals surface area contributed by atoms with E-state index in [4.69, 9.17) is 16.0 Å². The molecule has 0 unspecified atom stereocenters. The van der Waals surface area contributed by atoms with Crippen molar-refractivity contribution in [1.29, 1.82) is 0 Å². The van der Waals surface area contributed by atoms with Crippen LogP contribution in [0.2, 0.25) is 5.02 Å². The fraction of sp³-hybridized carbons (Fsp3) is 0.0588. The molecular formula is C17H11ClN4O4. The lowest BCUT2D eigenvalue weighted by atomic mass is 10.1. The molecule has 1 aromatic carbocycles. The molecule has 0 saturated heterocycles. The Hall–Kier alpha value is -3.39. The zero-order chi connectivity index (χ0) is 18.3. The van der Waals surface area contributed by atoms with Crippen molar-refractivity contribution in [3.63, 3.8) is 0 Å². The smallest absolute Gasteiger partial charge is 0.339 e. The maximum atomic E-state index is 12.4. The average molecular weight is 371 g/mol. The van der Waals surface area contributed by atoms with Gasteiger partial charge in [0.15, 0.2) is 5.65 Å². The number of carboxylic acids is 1. The lowest BCUT2D eigenvalue weighted by Gasteiger charge is -2.01. The molecule has 4 rings (SSSR count). The van der Waals surface area contributed by atoms with Crippen LogP contribution in [0.25, 0.3) is 16.6 Å². The highest BCUT2D eigenvalue weighted by molar-refractivity contribution is 6.32. The molecule has 0 aliphatic heterocycles. The van der Waals surface area contributed by atoms with Crippen LogP contribution in [0.3, 0.4) is 0 Å². The second kappa shape index (κ2) is 6.16. The summed E-state index contributed by atoms with van der Waals surface area (Å²) >= 11 is 5.94. The van der Waals surface area contributed by atoms with Crippen molar-refractivity contribution in [2.75, 3.05) is 0 Å². The fourth-order valence-electron chi connectivity index (χ4n) is 2.67. The largest absolute Gasteiger partial charge is 0.478 e. The maximum absolute atomic E-state index is 12.4. The number of nitrogens with zero attached hydrogens (tertiary/aromatic N) is 3. The molecule has 0 atom stereocenters. The number of rotatable bonds is 4. The molecule has 9 heteroatoms. The molecule has 3 aromatic heterocycles. The summed E-state index contributed by atoms with van der Waals surface area (Å²) in [6.07, 6.45) is 4.69. The molecule has 0 saturated carbocycles. The molecule has 8 nitrogen and oxygen atoms in total. The number of aromatic nitrogens is 3. The molecule has 0 bridgehead atoms. The quantitative estimate of drug-likeness (QED) is 0.571. The Morgan fingerprint density at radius 3 is 2.92 bits per heavy atom. The van der Waals surface area contributed by atoms with E-state index < -0.39 is 5.97 Å². The van der Waals surface area contributed by atoms with E-state index in [1.807, 2.05) is 0 Å². The predicted molar refractivity (Wildman–Crippen MR) is 92.3 cm³/mol. The summed E-state index contributed by atoms with van der Waals surface area (Å²) in [4.78, 5) is 27.8. The minimum atomic E-state index is -1.14. The molecule has 0 spiro atoms. The van der Waals surface area contributed by atoms with Gasteiger partial charge in [-0.3, -0.25) is 4.79 Å². The number of fused-ring (bicyclic) bond motifs is 2. The molecule has 26 heavy (non-hydrogen) atoms. The first-order chi connectivity index (χ1) is 12.5. The lowest BCUT2D eigenvalue weighted by Crippen LogP contribution is -2.22. The summed E-state index contributed by atoms with van der Waals surface area (Å²) in [7, 11) is 0. The highest BCUT2D eigenvalue weighted by Gasteiger charge is 2.17. The van der Waals surface area contributed by atoms with Gasteiger partial charge >= 0.3 is 5.97 Å². The van der Waals surface area contributed by atoms with E-state index in [-0.39, 0.29) is 23.6 Å². The summed E-state index contributed by atoms with van der Waals surface area (Å²) in [5.74, 6) is -1.10. The molecule has 3 heterocycles. The van der Waals surface area contributed by atoms with Crippen LogP contribution in [0.15, 0.2) is 47.3 Å². The highest BCUT2D eigenvalue weighted by atomic mass is 35.5. The molecule has 4 aromatic rings. The van der Waals surface area contributed by atoms with Gasteiger partial charge in [-0.2, -0.15) is 5.10 Å². The van der Waals surface area contributed by atoms with Gasteiger partial charge in [-0.05, 0) is 24.3 Å². The van der Waals surface area contributed by atoms with Crippen LogP contribution >= 0.6 is 11.6 Å². The number of hydrogen-bond acceptors (Lipinski definition) is 5. The summed E-state index contributed by atoms with van der Waals surface area (Å²) in [5, 5.41) is 16.9. The van der Waals surface area contributed by atoms with Gasteiger partial charge < -0.3 is 14.8 Å². The van der Waals surface area contributed by atoms with Crippen LogP contribution in [0.1, 0.15) is 26.5 Å². The number of furan rings is 1. The third-order valence-corrected chi connectivity index (χ3v) is 4.03. The van der Waals surface area contributed by atoms with Crippen molar-refractivity contribution in [1.82, 2.24) is 19.9 Å². The van der Waals surface area contributed by atoms with E-state index in [1.165, 1.54) is 16.8 Å². The Bertz CT molecular complexity index is 1160. The van der Waals surface area contributed by atoms with Gasteiger partial charge in [0.2, 0.25) is 0 Å². The van der Waals surface area contributed by atoms with E-state index in [0.29, 0.717) is 27.4 Å². The Balaban J connectivity index is 1.59. The number of halogens is 1. The van der Waals surface area contributed by atoms with Crippen LogP contribution in [0.4, 0.5) is 0 Å². The maximum Gasteiger partial charge on any atom is 0.339 e. The Labute approximate surface area is 151 Å². The summed E-state index contributed by atoms with van der Waals surface area (Å²) in [6, 6.07) is 6.28. The molecule has 1 amide bonds. The van der Waals surface area contributed by atoms with Crippen molar-refractivity contribution < 1.29 is 19.1 Å². The first kappa shape index (κ1) is 16.1. The molecule has 130 valence electrons. The van der Waals surface area contributed by atoms with E-state index in [9.17, 15) is 14.7 Å². The minimum absolute atomic E-state index is 0.0306. The van der Waals surface area contributed by atoms with Gasteiger partial charge in [-0.15, -0.1) is 0 Å².